The number of aliphatic carboxylic acids is 1. The minimum absolute atomic E-state index is 0.00478. The van der Waals surface area contributed by atoms with Crippen molar-refractivity contribution >= 4 is 29.6 Å². The molecule has 1 unspecified atom stereocenters. The van der Waals surface area contributed by atoms with Gasteiger partial charge in [-0.25, -0.2) is 4.79 Å². The summed E-state index contributed by atoms with van der Waals surface area (Å²) in [5.41, 5.74) is 0.787. The molecule has 13 heteroatoms. The number of hydrogen-bond donors (Lipinski definition) is 3. The standard InChI is InChI=1S/C39H65N5O8/c1-12-26(6)36(43(9)38(48)34(24(2)3)41-37(47)35(25(4)5)42(7)8)31(52-11)23-33(46)44-20-16-19-29(44)30(51-10)22-32(45)40-28(39(49)50)21-27-17-14-13-15-18-27/h13-15,17-18,24-26,28-31,34-36H,12,16,19-23H2,1-11H3,(H,40,45)(H,41,47)(H,49,50)/t26-,28-,29?,30+,31+,34-,35-,36-/m0/s1. The second kappa shape index (κ2) is 21.2. The van der Waals surface area contributed by atoms with E-state index in [2.05, 4.69) is 10.6 Å². The van der Waals surface area contributed by atoms with Crippen LogP contribution in [0.1, 0.15) is 79.2 Å². The molecule has 2 rings (SSSR count). The molecule has 1 aliphatic heterocycles. The molecule has 1 aromatic rings. The summed E-state index contributed by atoms with van der Waals surface area (Å²) < 4.78 is 11.7. The van der Waals surface area contributed by atoms with Gasteiger partial charge in [-0.2, -0.15) is 0 Å². The lowest BCUT2D eigenvalue weighted by Crippen LogP contribution is -2.59. The first-order valence-corrected chi connectivity index (χ1v) is 18.6. The summed E-state index contributed by atoms with van der Waals surface area (Å²) >= 11 is 0. The molecule has 1 heterocycles. The summed E-state index contributed by atoms with van der Waals surface area (Å²) in [6.45, 7) is 12.3. The third-order valence-corrected chi connectivity index (χ3v) is 10.4. The molecular weight excluding hydrogens is 666 g/mol. The Balaban J connectivity index is 2.23. The topological polar surface area (TPSA) is 158 Å². The van der Waals surface area contributed by atoms with Crippen LogP contribution in [0.5, 0.6) is 0 Å². The number of hydrogen-bond acceptors (Lipinski definition) is 8. The second-order valence-corrected chi connectivity index (χ2v) is 15.1. The van der Waals surface area contributed by atoms with Gasteiger partial charge in [0.25, 0.3) is 0 Å². The van der Waals surface area contributed by atoms with Gasteiger partial charge in [-0.15, -0.1) is 0 Å². The molecule has 0 aliphatic carbocycles. The summed E-state index contributed by atoms with van der Waals surface area (Å²) in [4.78, 5) is 71.9. The first-order valence-electron chi connectivity index (χ1n) is 18.6. The molecule has 1 saturated heterocycles. The minimum atomic E-state index is -1.14. The van der Waals surface area contributed by atoms with Crippen molar-refractivity contribution in [2.75, 3.05) is 41.9 Å². The molecule has 4 amide bonds. The van der Waals surface area contributed by atoms with E-state index in [9.17, 15) is 29.1 Å². The molecule has 52 heavy (non-hydrogen) atoms. The van der Waals surface area contributed by atoms with Crippen LogP contribution >= 0.6 is 0 Å². The van der Waals surface area contributed by atoms with E-state index in [0.29, 0.717) is 19.4 Å². The van der Waals surface area contributed by atoms with E-state index < -0.39 is 54.3 Å². The molecule has 3 N–H and O–H groups in total. The maximum absolute atomic E-state index is 14.2. The number of nitrogens with one attached hydrogen (secondary N) is 2. The van der Waals surface area contributed by atoms with Crippen LogP contribution in [0.3, 0.4) is 0 Å². The summed E-state index contributed by atoms with van der Waals surface area (Å²) in [5.74, 6) is -2.44. The Morgan fingerprint density at radius 1 is 0.923 bits per heavy atom. The molecule has 0 saturated carbocycles. The molecule has 1 fully saturated rings. The molecule has 294 valence electrons. The van der Waals surface area contributed by atoms with Crippen molar-refractivity contribution < 1.29 is 38.6 Å². The number of likely N-dealkylation sites (tertiary alicyclic amines) is 1. The van der Waals surface area contributed by atoms with Crippen LogP contribution in [0.25, 0.3) is 0 Å². The zero-order valence-corrected chi connectivity index (χ0v) is 33.3. The average molecular weight is 732 g/mol. The predicted octanol–water partition coefficient (Wildman–Crippen LogP) is 3.20. The van der Waals surface area contributed by atoms with Crippen LogP contribution < -0.4 is 10.6 Å². The van der Waals surface area contributed by atoms with Gasteiger partial charge in [0, 0.05) is 34.2 Å². The molecule has 0 radical (unpaired) electrons. The van der Waals surface area contributed by atoms with Crippen molar-refractivity contribution in [1.29, 1.82) is 0 Å². The van der Waals surface area contributed by atoms with Crippen LogP contribution in [0.4, 0.5) is 0 Å². The zero-order valence-electron chi connectivity index (χ0n) is 33.3. The first kappa shape index (κ1) is 44.6. The average Bonchev–Trinajstić information content (AvgIpc) is 3.58. The van der Waals surface area contributed by atoms with E-state index in [1.54, 1.807) is 16.8 Å². The highest BCUT2D eigenvalue weighted by molar-refractivity contribution is 5.90. The van der Waals surface area contributed by atoms with Crippen molar-refractivity contribution in [3.8, 4) is 0 Å². The van der Waals surface area contributed by atoms with Crippen molar-refractivity contribution in [3.63, 3.8) is 0 Å². The van der Waals surface area contributed by atoms with Crippen molar-refractivity contribution in [3.05, 3.63) is 35.9 Å². The molecule has 1 aliphatic rings. The van der Waals surface area contributed by atoms with Gasteiger partial charge in [-0.05, 0) is 50.3 Å². The summed E-state index contributed by atoms with van der Waals surface area (Å²) in [5, 5.41) is 15.4. The lowest BCUT2D eigenvalue weighted by Gasteiger charge is -2.41. The normalized spacial score (nSPS) is 18.7. The second-order valence-electron chi connectivity index (χ2n) is 15.1. The number of ether oxygens (including phenoxy) is 2. The number of carbonyl (C=O) groups excluding carboxylic acids is 4. The molecule has 0 bridgehead atoms. The highest BCUT2D eigenvalue weighted by atomic mass is 16.5. The van der Waals surface area contributed by atoms with Gasteiger partial charge >= 0.3 is 5.97 Å². The van der Waals surface area contributed by atoms with Gasteiger partial charge in [-0.3, -0.25) is 24.1 Å². The van der Waals surface area contributed by atoms with E-state index in [0.717, 1.165) is 12.0 Å². The maximum Gasteiger partial charge on any atom is 0.326 e. The molecule has 8 atom stereocenters. The lowest BCUT2D eigenvalue weighted by atomic mass is 9.89. The monoisotopic (exact) mass is 731 g/mol. The summed E-state index contributed by atoms with van der Waals surface area (Å²) in [6, 6.07) is 5.93. The highest BCUT2D eigenvalue weighted by Crippen LogP contribution is 2.28. The predicted molar refractivity (Wildman–Crippen MR) is 200 cm³/mol. The van der Waals surface area contributed by atoms with E-state index in [1.165, 1.54) is 14.2 Å². The third kappa shape index (κ3) is 12.3. The Hall–Kier alpha value is -3.55. The fourth-order valence-corrected chi connectivity index (χ4v) is 7.47. The van der Waals surface area contributed by atoms with Crippen LogP contribution in [0, 0.1) is 17.8 Å². The van der Waals surface area contributed by atoms with Crippen LogP contribution in [0.2, 0.25) is 0 Å². The Morgan fingerprint density at radius 2 is 1.56 bits per heavy atom. The van der Waals surface area contributed by atoms with Gasteiger partial charge in [0.05, 0.1) is 43.2 Å². The van der Waals surface area contributed by atoms with Crippen LogP contribution in [-0.4, -0.2) is 134 Å². The number of methoxy groups -OCH3 is 2. The molecule has 1 aromatic carbocycles. The van der Waals surface area contributed by atoms with Crippen molar-refractivity contribution in [2.45, 2.75) is 122 Å². The van der Waals surface area contributed by atoms with Crippen molar-refractivity contribution in [1.82, 2.24) is 25.3 Å². The number of rotatable bonds is 21. The Bertz CT molecular complexity index is 1300. The van der Waals surface area contributed by atoms with Gasteiger partial charge in [0.15, 0.2) is 0 Å². The van der Waals surface area contributed by atoms with E-state index >= 15 is 0 Å². The number of benzene rings is 1. The number of carboxylic acids is 1. The SMILES string of the molecule is CC[C@H](C)[C@@H]([C@@H](CC(=O)N1CCCC1[C@@H](CC(=O)N[C@@H](Cc1ccccc1)C(=O)O)OC)OC)N(C)C(=O)[C@@H](NC(=O)[C@H](C(C)C)N(C)C)C(C)C. The lowest BCUT2D eigenvalue weighted by molar-refractivity contribution is -0.147. The number of nitrogens with zero attached hydrogens (tertiary/aromatic N) is 3. The van der Waals surface area contributed by atoms with Crippen LogP contribution in [-0.2, 0) is 39.9 Å². The Morgan fingerprint density at radius 3 is 2.06 bits per heavy atom. The number of carbonyl (C=O) groups is 5. The zero-order chi connectivity index (χ0) is 39.3. The van der Waals surface area contributed by atoms with Crippen molar-refractivity contribution in [2.24, 2.45) is 17.8 Å². The largest absolute Gasteiger partial charge is 0.480 e. The van der Waals surface area contributed by atoms with E-state index in [4.69, 9.17) is 9.47 Å². The maximum atomic E-state index is 14.2. The van der Waals surface area contributed by atoms with Gasteiger partial charge in [0.2, 0.25) is 23.6 Å². The molecule has 0 spiro atoms. The highest BCUT2D eigenvalue weighted by Gasteiger charge is 2.42. The molecular formula is C39H65N5O8. The van der Waals surface area contributed by atoms with Crippen LogP contribution in [0.15, 0.2) is 30.3 Å². The Kier molecular flexibility index (Phi) is 18.2. The number of likely N-dealkylation sites (N-methyl/N-ethyl adjacent to an activating group) is 2. The van der Waals surface area contributed by atoms with Gasteiger partial charge in [-0.1, -0.05) is 78.3 Å². The third-order valence-electron chi connectivity index (χ3n) is 10.4. The number of carboxylic acid groups (broad SMARTS) is 1. The first-order chi connectivity index (χ1) is 24.5. The minimum Gasteiger partial charge on any atom is -0.480 e. The van der Waals surface area contributed by atoms with Gasteiger partial charge < -0.3 is 35.0 Å². The Labute approximate surface area is 311 Å². The molecule has 13 nitrogen and oxygen atoms in total. The van der Waals surface area contributed by atoms with E-state index in [1.807, 2.05) is 90.9 Å². The number of amides is 4. The van der Waals surface area contributed by atoms with E-state index in [-0.39, 0.29) is 54.7 Å². The summed E-state index contributed by atoms with van der Waals surface area (Å²) in [7, 11) is 8.43. The fourth-order valence-electron chi connectivity index (χ4n) is 7.47. The fraction of sp³-hybridized carbons (Fsp3) is 0.718. The smallest absolute Gasteiger partial charge is 0.326 e. The summed E-state index contributed by atoms with van der Waals surface area (Å²) in [6.07, 6.45) is 0.778. The molecule has 0 aromatic heterocycles. The van der Waals surface area contributed by atoms with Gasteiger partial charge in [0.1, 0.15) is 12.1 Å². The quantitative estimate of drug-likeness (QED) is 0.173.